The SMILES string of the molecule is CO[C@@H]1CN(C=O)C[C@H]1OC. The molecule has 4 nitrogen and oxygen atoms in total. The fourth-order valence-corrected chi connectivity index (χ4v) is 1.31. The number of hydrogen-bond acceptors (Lipinski definition) is 3. The molecule has 0 unspecified atom stereocenters. The van der Waals surface area contributed by atoms with Gasteiger partial charge in [-0.2, -0.15) is 0 Å². The van der Waals surface area contributed by atoms with E-state index in [1.165, 1.54) is 0 Å². The molecule has 0 radical (unpaired) electrons. The Morgan fingerprint density at radius 3 is 2.00 bits per heavy atom. The van der Waals surface area contributed by atoms with Crippen LogP contribution in [0.5, 0.6) is 0 Å². The van der Waals surface area contributed by atoms with Crippen LogP contribution in [0.1, 0.15) is 0 Å². The average molecular weight is 159 g/mol. The number of methoxy groups -OCH3 is 2. The first-order valence-electron chi connectivity index (χ1n) is 3.56. The van der Waals surface area contributed by atoms with Gasteiger partial charge in [0.1, 0.15) is 12.2 Å². The van der Waals surface area contributed by atoms with Crippen LogP contribution >= 0.6 is 0 Å². The van der Waals surface area contributed by atoms with Crippen LogP contribution in [0.3, 0.4) is 0 Å². The first-order valence-corrected chi connectivity index (χ1v) is 3.56. The van der Waals surface area contributed by atoms with Crippen molar-refractivity contribution in [1.82, 2.24) is 4.90 Å². The van der Waals surface area contributed by atoms with Gasteiger partial charge in [0.25, 0.3) is 0 Å². The van der Waals surface area contributed by atoms with Gasteiger partial charge in [-0.3, -0.25) is 4.79 Å². The summed E-state index contributed by atoms with van der Waals surface area (Å²) in [6.45, 7) is 1.27. The molecule has 11 heavy (non-hydrogen) atoms. The number of nitrogens with zero attached hydrogens (tertiary/aromatic N) is 1. The largest absolute Gasteiger partial charge is 0.377 e. The molecule has 1 aliphatic rings. The highest BCUT2D eigenvalue weighted by atomic mass is 16.5. The lowest BCUT2D eigenvalue weighted by Crippen LogP contribution is -2.27. The van der Waals surface area contributed by atoms with Gasteiger partial charge in [-0.1, -0.05) is 0 Å². The fraction of sp³-hybridized carbons (Fsp3) is 0.857. The van der Waals surface area contributed by atoms with Crippen molar-refractivity contribution in [3.05, 3.63) is 0 Å². The van der Waals surface area contributed by atoms with Crippen LogP contribution in [0.2, 0.25) is 0 Å². The second-order valence-corrected chi connectivity index (χ2v) is 2.61. The molecule has 1 fully saturated rings. The van der Waals surface area contributed by atoms with Gasteiger partial charge in [-0.05, 0) is 0 Å². The van der Waals surface area contributed by atoms with Crippen molar-refractivity contribution in [3.63, 3.8) is 0 Å². The molecule has 1 saturated heterocycles. The lowest BCUT2D eigenvalue weighted by Gasteiger charge is -2.13. The Kier molecular flexibility index (Phi) is 2.84. The minimum Gasteiger partial charge on any atom is -0.377 e. The smallest absolute Gasteiger partial charge is 0.209 e. The van der Waals surface area contributed by atoms with E-state index < -0.39 is 0 Å². The number of carbonyl (C=O) groups is 1. The van der Waals surface area contributed by atoms with Crippen molar-refractivity contribution in [2.24, 2.45) is 0 Å². The van der Waals surface area contributed by atoms with Crippen LogP contribution in [-0.2, 0) is 14.3 Å². The van der Waals surface area contributed by atoms with Gasteiger partial charge in [0, 0.05) is 27.3 Å². The van der Waals surface area contributed by atoms with E-state index in [-0.39, 0.29) is 12.2 Å². The Labute approximate surface area is 66.1 Å². The van der Waals surface area contributed by atoms with Crippen LogP contribution in [0, 0.1) is 0 Å². The molecule has 1 amide bonds. The van der Waals surface area contributed by atoms with Crippen LogP contribution < -0.4 is 0 Å². The van der Waals surface area contributed by atoms with E-state index in [1.807, 2.05) is 0 Å². The van der Waals surface area contributed by atoms with Crippen molar-refractivity contribution in [3.8, 4) is 0 Å². The quantitative estimate of drug-likeness (QED) is 0.520. The lowest BCUT2D eigenvalue weighted by molar-refractivity contribution is -0.117. The van der Waals surface area contributed by atoms with Gasteiger partial charge in [0.15, 0.2) is 0 Å². The Hall–Kier alpha value is -0.610. The highest BCUT2D eigenvalue weighted by Gasteiger charge is 2.31. The highest BCUT2D eigenvalue weighted by molar-refractivity contribution is 5.48. The Bertz CT molecular complexity index is 128. The van der Waals surface area contributed by atoms with Crippen molar-refractivity contribution in [2.75, 3.05) is 27.3 Å². The predicted octanol–water partition coefficient (Wildman–Crippen LogP) is -0.512. The maximum atomic E-state index is 10.3. The van der Waals surface area contributed by atoms with Crippen LogP contribution in [0.4, 0.5) is 0 Å². The number of ether oxygens (including phenoxy) is 2. The molecule has 0 spiro atoms. The molecule has 1 heterocycles. The first-order chi connectivity index (χ1) is 5.31. The van der Waals surface area contributed by atoms with Crippen LogP contribution in [0.15, 0.2) is 0 Å². The van der Waals surface area contributed by atoms with Gasteiger partial charge < -0.3 is 14.4 Å². The molecule has 0 aromatic heterocycles. The molecule has 0 saturated carbocycles. The zero-order valence-electron chi connectivity index (χ0n) is 6.82. The second-order valence-electron chi connectivity index (χ2n) is 2.61. The Balaban J connectivity index is 2.47. The molecule has 2 atom stereocenters. The topological polar surface area (TPSA) is 38.8 Å². The summed E-state index contributed by atoms with van der Waals surface area (Å²) in [5.74, 6) is 0. The van der Waals surface area contributed by atoms with E-state index in [1.54, 1.807) is 19.1 Å². The molecule has 0 aliphatic carbocycles. The number of rotatable bonds is 3. The van der Waals surface area contributed by atoms with Crippen molar-refractivity contribution >= 4 is 6.41 Å². The van der Waals surface area contributed by atoms with E-state index in [0.717, 1.165) is 6.41 Å². The summed E-state index contributed by atoms with van der Waals surface area (Å²) in [5, 5.41) is 0. The summed E-state index contributed by atoms with van der Waals surface area (Å²) in [5.41, 5.74) is 0. The molecule has 4 heteroatoms. The maximum Gasteiger partial charge on any atom is 0.209 e. The second kappa shape index (κ2) is 3.69. The van der Waals surface area contributed by atoms with E-state index in [0.29, 0.717) is 13.1 Å². The normalized spacial score (nSPS) is 30.9. The minimum absolute atomic E-state index is 0.0326. The molecular formula is C7H13NO3. The fourth-order valence-electron chi connectivity index (χ4n) is 1.31. The molecule has 0 bridgehead atoms. The summed E-state index contributed by atoms with van der Waals surface area (Å²) in [6, 6.07) is 0. The van der Waals surface area contributed by atoms with Crippen LogP contribution in [-0.4, -0.2) is 50.8 Å². The summed E-state index contributed by atoms with van der Waals surface area (Å²) < 4.78 is 10.2. The zero-order chi connectivity index (χ0) is 8.27. The van der Waals surface area contributed by atoms with Gasteiger partial charge in [-0.25, -0.2) is 0 Å². The van der Waals surface area contributed by atoms with E-state index in [9.17, 15) is 4.79 Å². The zero-order valence-corrected chi connectivity index (χ0v) is 6.82. The monoisotopic (exact) mass is 159 g/mol. The number of carbonyl (C=O) groups excluding carboxylic acids is 1. The summed E-state index contributed by atoms with van der Waals surface area (Å²) in [6.07, 6.45) is 0.890. The lowest BCUT2D eigenvalue weighted by atomic mass is 10.3. The summed E-state index contributed by atoms with van der Waals surface area (Å²) >= 11 is 0. The highest BCUT2D eigenvalue weighted by Crippen LogP contribution is 2.13. The Morgan fingerprint density at radius 2 is 1.73 bits per heavy atom. The van der Waals surface area contributed by atoms with E-state index >= 15 is 0 Å². The van der Waals surface area contributed by atoms with Gasteiger partial charge in [-0.15, -0.1) is 0 Å². The molecule has 0 N–H and O–H groups in total. The summed E-state index contributed by atoms with van der Waals surface area (Å²) in [7, 11) is 3.26. The average Bonchev–Trinajstić information content (AvgIpc) is 2.46. The summed E-state index contributed by atoms with van der Waals surface area (Å²) in [4.78, 5) is 12.0. The van der Waals surface area contributed by atoms with Gasteiger partial charge in [0.05, 0.1) is 0 Å². The molecular weight excluding hydrogens is 146 g/mol. The first kappa shape index (κ1) is 8.49. The molecule has 1 aliphatic heterocycles. The number of likely N-dealkylation sites (tertiary alicyclic amines) is 1. The van der Waals surface area contributed by atoms with E-state index in [4.69, 9.17) is 9.47 Å². The van der Waals surface area contributed by atoms with Gasteiger partial charge in [0.2, 0.25) is 6.41 Å². The van der Waals surface area contributed by atoms with Gasteiger partial charge >= 0.3 is 0 Å². The van der Waals surface area contributed by atoms with E-state index in [2.05, 4.69) is 0 Å². The number of hydrogen-bond donors (Lipinski definition) is 0. The third kappa shape index (κ3) is 1.70. The minimum atomic E-state index is 0.0326. The van der Waals surface area contributed by atoms with Crippen molar-refractivity contribution < 1.29 is 14.3 Å². The van der Waals surface area contributed by atoms with Crippen LogP contribution in [0.25, 0.3) is 0 Å². The standard InChI is InChI=1S/C7H13NO3/c1-10-6-3-8(5-9)4-7(6)11-2/h5-7H,3-4H2,1-2H3/t6-,7-/m1/s1. The third-order valence-electron chi connectivity index (χ3n) is 2.00. The van der Waals surface area contributed by atoms with Crippen molar-refractivity contribution in [2.45, 2.75) is 12.2 Å². The van der Waals surface area contributed by atoms with Crippen molar-refractivity contribution in [1.29, 1.82) is 0 Å². The number of amides is 1. The Morgan fingerprint density at radius 1 is 1.27 bits per heavy atom. The molecule has 0 aromatic rings. The molecule has 1 rings (SSSR count). The third-order valence-corrected chi connectivity index (χ3v) is 2.00. The maximum absolute atomic E-state index is 10.3. The predicted molar refractivity (Wildman–Crippen MR) is 39.2 cm³/mol. The molecule has 0 aromatic carbocycles. The molecule has 64 valence electrons.